The van der Waals surface area contributed by atoms with Crippen LogP contribution >= 0.6 is 11.6 Å². The first-order valence-corrected chi connectivity index (χ1v) is 7.80. The lowest BCUT2D eigenvalue weighted by Gasteiger charge is -2.09. The van der Waals surface area contributed by atoms with Crippen molar-refractivity contribution >= 4 is 22.6 Å². The van der Waals surface area contributed by atoms with Gasteiger partial charge in [0.1, 0.15) is 5.76 Å². The van der Waals surface area contributed by atoms with E-state index in [4.69, 9.17) is 16.0 Å². The van der Waals surface area contributed by atoms with Gasteiger partial charge in [0, 0.05) is 11.6 Å². The number of halogens is 1. The molecule has 0 N–H and O–H groups in total. The van der Waals surface area contributed by atoms with Gasteiger partial charge in [-0.15, -0.1) is 0 Å². The molecule has 3 aromatic rings. The molecule has 2 nitrogen and oxygen atoms in total. The summed E-state index contributed by atoms with van der Waals surface area (Å²) in [4.78, 5) is 12.3. The molecule has 22 heavy (non-hydrogen) atoms. The Bertz CT molecular complexity index is 894. The first-order chi connectivity index (χ1) is 10.6. The van der Waals surface area contributed by atoms with Gasteiger partial charge in [0.2, 0.25) is 0 Å². The molecule has 0 aliphatic rings. The Kier molecular flexibility index (Phi) is 4.04. The Morgan fingerprint density at radius 2 is 1.95 bits per heavy atom. The van der Waals surface area contributed by atoms with E-state index in [1.807, 2.05) is 13.0 Å². The minimum atomic E-state index is -0.0733. The van der Waals surface area contributed by atoms with Gasteiger partial charge < -0.3 is 4.42 Å². The first-order valence-electron chi connectivity index (χ1n) is 7.42. The molecular formula is C19H17ClO2. The minimum Gasteiger partial charge on any atom is -0.454 e. The number of benzene rings is 2. The number of para-hydroxylation sites is 1. The fourth-order valence-electron chi connectivity index (χ4n) is 2.72. The largest absolute Gasteiger partial charge is 0.454 e. The highest BCUT2D eigenvalue weighted by atomic mass is 35.5. The van der Waals surface area contributed by atoms with Gasteiger partial charge in [0.15, 0.2) is 11.0 Å². The van der Waals surface area contributed by atoms with Crippen molar-refractivity contribution in [3.8, 4) is 11.3 Å². The van der Waals surface area contributed by atoms with Crippen LogP contribution in [-0.2, 0) is 6.42 Å². The van der Waals surface area contributed by atoms with Crippen LogP contribution in [0.25, 0.3) is 22.3 Å². The van der Waals surface area contributed by atoms with Gasteiger partial charge in [-0.05, 0) is 36.6 Å². The van der Waals surface area contributed by atoms with Crippen molar-refractivity contribution in [2.75, 3.05) is 0 Å². The summed E-state index contributed by atoms with van der Waals surface area (Å²) >= 11 is 6.16. The predicted octanol–water partition coefficient (Wildman–Crippen LogP) is 5.37. The monoisotopic (exact) mass is 312 g/mol. The number of hydrogen-bond donors (Lipinski definition) is 0. The van der Waals surface area contributed by atoms with Crippen molar-refractivity contribution in [2.24, 2.45) is 0 Å². The zero-order valence-electron chi connectivity index (χ0n) is 12.7. The molecule has 0 saturated heterocycles. The molecule has 0 aliphatic heterocycles. The van der Waals surface area contributed by atoms with E-state index in [1.54, 1.807) is 24.3 Å². The van der Waals surface area contributed by atoms with Gasteiger partial charge in [-0.1, -0.05) is 49.2 Å². The standard InChI is InChI=1S/C19H17ClO2/c1-3-5-13-8-9-14(12(2)10-13)18-11-17(21)15-6-4-7-16(20)19(15)22-18/h4,6-11H,3,5H2,1-2H3. The minimum absolute atomic E-state index is 0.0733. The Balaban J connectivity index is 2.18. The molecule has 0 atom stereocenters. The molecule has 0 amide bonds. The Labute approximate surface area is 134 Å². The van der Waals surface area contributed by atoms with Crippen molar-refractivity contribution in [1.29, 1.82) is 0 Å². The lowest BCUT2D eigenvalue weighted by Crippen LogP contribution is -2.01. The van der Waals surface area contributed by atoms with E-state index in [9.17, 15) is 4.79 Å². The fourth-order valence-corrected chi connectivity index (χ4v) is 2.94. The van der Waals surface area contributed by atoms with E-state index in [1.165, 1.54) is 5.56 Å². The maximum Gasteiger partial charge on any atom is 0.193 e. The predicted molar refractivity (Wildman–Crippen MR) is 91.7 cm³/mol. The average Bonchev–Trinajstić information content (AvgIpc) is 2.49. The Morgan fingerprint density at radius 1 is 1.14 bits per heavy atom. The van der Waals surface area contributed by atoms with Gasteiger partial charge >= 0.3 is 0 Å². The molecule has 2 aromatic carbocycles. The highest BCUT2D eigenvalue weighted by Crippen LogP contribution is 2.29. The molecule has 0 saturated carbocycles. The normalized spacial score (nSPS) is 11.0. The van der Waals surface area contributed by atoms with Crippen LogP contribution in [0.15, 0.2) is 51.7 Å². The lowest BCUT2D eigenvalue weighted by atomic mass is 10.0. The SMILES string of the molecule is CCCc1ccc(-c2cc(=O)c3cccc(Cl)c3o2)c(C)c1. The van der Waals surface area contributed by atoms with E-state index in [-0.39, 0.29) is 5.43 Å². The molecule has 0 unspecified atom stereocenters. The number of fused-ring (bicyclic) bond motifs is 1. The van der Waals surface area contributed by atoms with E-state index in [0.717, 1.165) is 24.0 Å². The second-order valence-corrected chi connectivity index (χ2v) is 5.90. The highest BCUT2D eigenvalue weighted by Gasteiger charge is 2.11. The maximum atomic E-state index is 12.3. The van der Waals surface area contributed by atoms with Crippen LogP contribution in [-0.4, -0.2) is 0 Å². The topological polar surface area (TPSA) is 30.2 Å². The molecule has 0 aliphatic carbocycles. The summed E-state index contributed by atoms with van der Waals surface area (Å²) in [6, 6.07) is 13.0. The fraction of sp³-hybridized carbons (Fsp3) is 0.211. The summed E-state index contributed by atoms with van der Waals surface area (Å²) in [5, 5.41) is 0.966. The first kappa shape index (κ1) is 14.9. The molecule has 112 valence electrons. The number of hydrogen-bond acceptors (Lipinski definition) is 2. The summed E-state index contributed by atoms with van der Waals surface area (Å²) < 4.78 is 5.91. The summed E-state index contributed by atoms with van der Waals surface area (Å²) in [7, 11) is 0. The van der Waals surface area contributed by atoms with Crippen LogP contribution in [0.2, 0.25) is 5.02 Å². The van der Waals surface area contributed by atoms with Crippen LogP contribution in [0.5, 0.6) is 0 Å². The van der Waals surface area contributed by atoms with Gasteiger partial charge in [-0.2, -0.15) is 0 Å². The highest BCUT2D eigenvalue weighted by molar-refractivity contribution is 6.34. The molecule has 0 spiro atoms. The van der Waals surface area contributed by atoms with Crippen LogP contribution in [0.1, 0.15) is 24.5 Å². The van der Waals surface area contributed by atoms with Crippen LogP contribution < -0.4 is 5.43 Å². The summed E-state index contributed by atoms with van der Waals surface area (Å²) in [5.41, 5.74) is 3.70. The lowest BCUT2D eigenvalue weighted by molar-refractivity contribution is 0.618. The van der Waals surface area contributed by atoms with E-state index < -0.39 is 0 Å². The van der Waals surface area contributed by atoms with Gasteiger partial charge in [0.25, 0.3) is 0 Å². The summed E-state index contributed by atoms with van der Waals surface area (Å²) in [6.07, 6.45) is 2.16. The molecule has 3 rings (SSSR count). The molecule has 3 heteroatoms. The van der Waals surface area contributed by atoms with E-state index in [2.05, 4.69) is 19.1 Å². The molecule has 0 bridgehead atoms. The Morgan fingerprint density at radius 3 is 2.68 bits per heavy atom. The van der Waals surface area contributed by atoms with Crippen LogP contribution in [0.3, 0.4) is 0 Å². The quantitative estimate of drug-likeness (QED) is 0.650. The number of rotatable bonds is 3. The van der Waals surface area contributed by atoms with E-state index in [0.29, 0.717) is 21.8 Å². The summed E-state index contributed by atoms with van der Waals surface area (Å²) in [6.45, 7) is 4.19. The zero-order valence-corrected chi connectivity index (χ0v) is 13.4. The van der Waals surface area contributed by atoms with Crippen molar-refractivity contribution in [1.82, 2.24) is 0 Å². The zero-order chi connectivity index (χ0) is 15.7. The van der Waals surface area contributed by atoms with Gasteiger partial charge in [-0.3, -0.25) is 4.79 Å². The smallest absolute Gasteiger partial charge is 0.193 e. The second-order valence-electron chi connectivity index (χ2n) is 5.49. The van der Waals surface area contributed by atoms with Crippen LogP contribution in [0, 0.1) is 6.92 Å². The molecule has 1 aromatic heterocycles. The Hall–Kier alpha value is -2.06. The second kappa shape index (κ2) is 5.98. The van der Waals surface area contributed by atoms with Gasteiger partial charge in [0.05, 0.1) is 10.4 Å². The molecule has 0 radical (unpaired) electrons. The third-order valence-electron chi connectivity index (χ3n) is 3.80. The van der Waals surface area contributed by atoms with Crippen LogP contribution in [0.4, 0.5) is 0 Å². The molecule has 1 heterocycles. The molecular weight excluding hydrogens is 296 g/mol. The van der Waals surface area contributed by atoms with E-state index >= 15 is 0 Å². The summed E-state index contributed by atoms with van der Waals surface area (Å²) in [5.74, 6) is 0.561. The number of aryl methyl sites for hydroxylation is 2. The van der Waals surface area contributed by atoms with Crippen molar-refractivity contribution in [3.05, 3.63) is 68.8 Å². The van der Waals surface area contributed by atoms with Crippen molar-refractivity contribution in [3.63, 3.8) is 0 Å². The van der Waals surface area contributed by atoms with Gasteiger partial charge in [-0.25, -0.2) is 0 Å². The third-order valence-corrected chi connectivity index (χ3v) is 4.10. The third kappa shape index (κ3) is 2.67. The maximum absolute atomic E-state index is 12.3. The van der Waals surface area contributed by atoms with Crippen molar-refractivity contribution < 1.29 is 4.42 Å². The van der Waals surface area contributed by atoms with Crippen molar-refractivity contribution in [2.45, 2.75) is 26.7 Å². The average molecular weight is 313 g/mol. The molecule has 0 fully saturated rings.